The first-order valence-corrected chi connectivity index (χ1v) is 7.03. The van der Waals surface area contributed by atoms with E-state index in [1.54, 1.807) is 6.07 Å². The zero-order valence-electron chi connectivity index (χ0n) is 11.1. The van der Waals surface area contributed by atoms with Gasteiger partial charge in [-0.3, -0.25) is 10.2 Å². The summed E-state index contributed by atoms with van der Waals surface area (Å²) in [7, 11) is 0. The maximum Gasteiger partial charge on any atom is 0.328 e. The number of amides is 1. The summed E-state index contributed by atoms with van der Waals surface area (Å²) in [6, 6.07) is 1.77. The lowest BCUT2D eigenvalue weighted by Gasteiger charge is -2.26. The summed E-state index contributed by atoms with van der Waals surface area (Å²) in [5.74, 6) is -1.17. The van der Waals surface area contributed by atoms with Crippen LogP contribution in [0.4, 0.5) is 0 Å². The van der Waals surface area contributed by atoms with E-state index in [9.17, 15) is 9.59 Å². The van der Waals surface area contributed by atoms with Gasteiger partial charge in [0, 0.05) is 24.0 Å². The first-order valence-electron chi connectivity index (χ1n) is 6.21. The number of ether oxygens (including phenoxy) is 1. The standard InChI is InChI=1S/C13H16N2O4S/c1-9-8-11(20-10(9)2-3-12(16)17)13(18)14-15-4-6-19-7-5-15/h2-3,8H,4-7H2,1H3,(H,14,18)(H,16,17)/b3-2+. The normalized spacial score (nSPS) is 16.4. The number of hydrogen-bond acceptors (Lipinski definition) is 5. The van der Waals surface area contributed by atoms with Crippen LogP contribution in [0, 0.1) is 6.92 Å². The summed E-state index contributed by atoms with van der Waals surface area (Å²) in [6.07, 6.45) is 2.58. The van der Waals surface area contributed by atoms with Gasteiger partial charge in [0.05, 0.1) is 18.1 Å². The number of carboxylic acid groups (broad SMARTS) is 1. The highest BCUT2D eigenvalue weighted by Crippen LogP contribution is 2.23. The lowest BCUT2D eigenvalue weighted by atomic mass is 10.2. The molecule has 0 unspecified atom stereocenters. The van der Waals surface area contributed by atoms with Crippen LogP contribution >= 0.6 is 11.3 Å². The van der Waals surface area contributed by atoms with Gasteiger partial charge in [0.1, 0.15) is 0 Å². The van der Waals surface area contributed by atoms with Crippen LogP contribution in [0.5, 0.6) is 0 Å². The maximum atomic E-state index is 12.1. The Morgan fingerprint density at radius 1 is 1.45 bits per heavy atom. The second-order valence-electron chi connectivity index (χ2n) is 4.37. The van der Waals surface area contributed by atoms with Gasteiger partial charge in [-0.15, -0.1) is 11.3 Å². The van der Waals surface area contributed by atoms with E-state index in [1.165, 1.54) is 17.4 Å². The number of aryl methyl sites for hydroxylation is 1. The third kappa shape index (κ3) is 3.89. The third-order valence-corrected chi connectivity index (χ3v) is 4.03. The molecular formula is C13H16N2O4S. The SMILES string of the molecule is Cc1cc(C(=O)NN2CCOCC2)sc1/C=C/C(=O)O. The zero-order chi connectivity index (χ0) is 14.5. The van der Waals surface area contributed by atoms with Crippen molar-refractivity contribution in [2.75, 3.05) is 26.3 Å². The topological polar surface area (TPSA) is 78.9 Å². The molecule has 2 rings (SSSR count). The molecule has 0 aromatic carbocycles. The summed E-state index contributed by atoms with van der Waals surface area (Å²) in [6.45, 7) is 4.40. The smallest absolute Gasteiger partial charge is 0.328 e. The minimum atomic E-state index is -1.00. The quantitative estimate of drug-likeness (QED) is 0.814. The number of rotatable bonds is 4. The molecular weight excluding hydrogens is 280 g/mol. The molecule has 1 aromatic rings. The van der Waals surface area contributed by atoms with Gasteiger partial charge < -0.3 is 9.84 Å². The van der Waals surface area contributed by atoms with Crippen molar-refractivity contribution >= 4 is 29.3 Å². The molecule has 108 valence electrons. The van der Waals surface area contributed by atoms with Crippen molar-refractivity contribution in [1.29, 1.82) is 0 Å². The number of hydrazine groups is 1. The largest absolute Gasteiger partial charge is 0.478 e. The second-order valence-corrected chi connectivity index (χ2v) is 5.45. The molecule has 0 spiro atoms. The minimum absolute atomic E-state index is 0.171. The third-order valence-electron chi connectivity index (χ3n) is 2.83. The van der Waals surface area contributed by atoms with Crippen LogP contribution in [0.3, 0.4) is 0 Å². The second kappa shape index (κ2) is 6.65. The highest BCUT2D eigenvalue weighted by atomic mass is 32.1. The van der Waals surface area contributed by atoms with Gasteiger partial charge in [0.2, 0.25) is 0 Å². The number of nitrogens with one attached hydrogen (secondary N) is 1. The van der Waals surface area contributed by atoms with Gasteiger partial charge in [-0.05, 0) is 24.6 Å². The lowest BCUT2D eigenvalue weighted by molar-refractivity contribution is -0.131. The van der Waals surface area contributed by atoms with E-state index in [-0.39, 0.29) is 5.91 Å². The Morgan fingerprint density at radius 3 is 2.80 bits per heavy atom. The predicted molar refractivity (Wildman–Crippen MR) is 75.6 cm³/mol. The number of carbonyl (C=O) groups excluding carboxylic acids is 1. The Bertz CT molecular complexity index is 532. The molecule has 0 atom stereocenters. The molecule has 6 nitrogen and oxygen atoms in total. The Balaban J connectivity index is 2.02. The van der Waals surface area contributed by atoms with E-state index in [4.69, 9.17) is 9.84 Å². The highest BCUT2D eigenvalue weighted by molar-refractivity contribution is 7.15. The van der Waals surface area contributed by atoms with Gasteiger partial charge in [0.25, 0.3) is 5.91 Å². The number of nitrogens with zero attached hydrogens (tertiary/aromatic N) is 1. The van der Waals surface area contributed by atoms with Crippen molar-refractivity contribution in [2.24, 2.45) is 0 Å². The fraction of sp³-hybridized carbons (Fsp3) is 0.385. The van der Waals surface area contributed by atoms with E-state index < -0.39 is 5.97 Å². The number of carboxylic acids is 1. The molecule has 0 saturated carbocycles. The zero-order valence-corrected chi connectivity index (χ0v) is 11.9. The van der Waals surface area contributed by atoms with E-state index in [2.05, 4.69) is 5.43 Å². The van der Waals surface area contributed by atoms with Gasteiger partial charge >= 0.3 is 5.97 Å². The molecule has 7 heteroatoms. The number of morpholine rings is 1. The van der Waals surface area contributed by atoms with Crippen LogP contribution in [0.15, 0.2) is 12.1 Å². The van der Waals surface area contributed by atoms with Crippen LogP contribution in [0.25, 0.3) is 6.08 Å². The summed E-state index contributed by atoms with van der Waals surface area (Å²) < 4.78 is 5.21. The van der Waals surface area contributed by atoms with Gasteiger partial charge in [-0.2, -0.15) is 0 Å². The van der Waals surface area contributed by atoms with E-state index in [0.717, 1.165) is 16.5 Å². The van der Waals surface area contributed by atoms with E-state index >= 15 is 0 Å². The molecule has 1 fully saturated rings. The van der Waals surface area contributed by atoms with Crippen molar-refractivity contribution in [3.05, 3.63) is 27.5 Å². The molecule has 0 radical (unpaired) electrons. The monoisotopic (exact) mass is 296 g/mol. The van der Waals surface area contributed by atoms with Gasteiger partial charge in [-0.1, -0.05) is 0 Å². The summed E-state index contributed by atoms with van der Waals surface area (Å²) in [4.78, 5) is 23.9. The van der Waals surface area contributed by atoms with Crippen LogP contribution in [-0.2, 0) is 9.53 Å². The molecule has 0 aliphatic carbocycles. The highest BCUT2D eigenvalue weighted by Gasteiger charge is 2.16. The fourth-order valence-corrected chi connectivity index (χ4v) is 2.76. The van der Waals surface area contributed by atoms with E-state index in [0.29, 0.717) is 31.2 Å². The van der Waals surface area contributed by atoms with Crippen molar-refractivity contribution in [2.45, 2.75) is 6.92 Å². The van der Waals surface area contributed by atoms with Crippen LogP contribution in [0.2, 0.25) is 0 Å². The van der Waals surface area contributed by atoms with Crippen molar-refractivity contribution in [1.82, 2.24) is 10.4 Å². The molecule has 1 aliphatic rings. The average molecular weight is 296 g/mol. The Hall–Kier alpha value is -1.70. The molecule has 2 heterocycles. The summed E-state index contributed by atoms with van der Waals surface area (Å²) in [5.41, 5.74) is 3.71. The number of carbonyl (C=O) groups is 2. The molecule has 1 aromatic heterocycles. The Morgan fingerprint density at radius 2 is 2.15 bits per heavy atom. The fourth-order valence-electron chi connectivity index (χ4n) is 1.79. The van der Waals surface area contributed by atoms with Crippen LogP contribution in [0.1, 0.15) is 20.1 Å². The van der Waals surface area contributed by atoms with Crippen LogP contribution in [-0.4, -0.2) is 48.3 Å². The van der Waals surface area contributed by atoms with E-state index in [1.807, 2.05) is 11.9 Å². The average Bonchev–Trinajstić information content (AvgIpc) is 2.79. The van der Waals surface area contributed by atoms with Gasteiger partial charge in [0.15, 0.2) is 0 Å². The van der Waals surface area contributed by atoms with Gasteiger partial charge in [-0.25, -0.2) is 9.80 Å². The maximum absolute atomic E-state index is 12.1. The molecule has 2 N–H and O–H groups in total. The lowest BCUT2D eigenvalue weighted by Crippen LogP contribution is -2.48. The number of thiophene rings is 1. The molecule has 1 amide bonds. The molecule has 20 heavy (non-hydrogen) atoms. The summed E-state index contributed by atoms with van der Waals surface area (Å²) in [5, 5.41) is 10.4. The Labute approximate surface area is 120 Å². The van der Waals surface area contributed by atoms with Crippen molar-refractivity contribution in [3.8, 4) is 0 Å². The number of hydrogen-bond donors (Lipinski definition) is 2. The molecule has 1 aliphatic heterocycles. The molecule has 1 saturated heterocycles. The van der Waals surface area contributed by atoms with Crippen molar-refractivity contribution in [3.63, 3.8) is 0 Å². The van der Waals surface area contributed by atoms with Crippen LogP contribution < -0.4 is 5.43 Å². The number of aliphatic carboxylic acids is 1. The predicted octanol–water partition coefficient (Wildman–Crippen LogP) is 1.13. The Kier molecular flexibility index (Phi) is 4.89. The summed E-state index contributed by atoms with van der Waals surface area (Å²) >= 11 is 1.28. The van der Waals surface area contributed by atoms with Crippen molar-refractivity contribution < 1.29 is 19.4 Å². The first-order chi connectivity index (χ1) is 9.56. The molecule has 0 bridgehead atoms. The first kappa shape index (κ1) is 14.7. The minimum Gasteiger partial charge on any atom is -0.478 e.